The lowest BCUT2D eigenvalue weighted by Crippen LogP contribution is -2.49. The Hall–Kier alpha value is -0.0900. The third-order valence-corrected chi connectivity index (χ3v) is 3.60. The van der Waals surface area contributed by atoms with Gasteiger partial charge in [0.1, 0.15) is 0 Å². The average molecular weight is 163 g/mol. The van der Waals surface area contributed by atoms with E-state index in [1.165, 1.54) is 4.31 Å². The van der Waals surface area contributed by atoms with Crippen LogP contribution in [0.4, 0.5) is 0 Å². The lowest BCUT2D eigenvalue weighted by atomic mass is 10.1. The number of sulfonamides is 1. The third-order valence-electron chi connectivity index (χ3n) is 1.79. The molecule has 1 heterocycles. The summed E-state index contributed by atoms with van der Waals surface area (Å²) in [5.74, 6) is 0.793. The van der Waals surface area contributed by atoms with Crippen LogP contribution in [0.2, 0.25) is 0 Å². The number of hydrogen-bond acceptors (Lipinski definition) is 2. The molecule has 10 heavy (non-hydrogen) atoms. The van der Waals surface area contributed by atoms with Crippen molar-refractivity contribution < 1.29 is 8.42 Å². The monoisotopic (exact) mass is 163 g/mol. The Morgan fingerprint density at radius 1 is 1.50 bits per heavy atom. The molecule has 0 aromatic heterocycles. The first-order valence-corrected chi connectivity index (χ1v) is 5.15. The van der Waals surface area contributed by atoms with E-state index in [1.807, 2.05) is 0 Å². The number of nitrogens with zero attached hydrogens (tertiary/aromatic N) is 1. The summed E-state index contributed by atoms with van der Waals surface area (Å²) >= 11 is 0. The van der Waals surface area contributed by atoms with Crippen LogP contribution in [-0.4, -0.2) is 31.6 Å². The van der Waals surface area contributed by atoms with Crippen molar-refractivity contribution in [1.82, 2.24) is 4.31 Å². The van der Waals surface area contributed by atoms with Crippen LogP contribution in [0.15, 0.2) is 0 Å². The Morgan fingerprint density at radius 3 is 2.30 bits per heavy atom. The molecule has 0 amide bonds. The van der Waals surface area contributed by atoms with Crippen molar-refractivity contribution in [2.75, 3.05) is 18.8 Å². The van der Waals surface area contributed by atoms with Crippen LogP contribution >= 0.6 is 0 Å². The summed E-state index contributed by atoms with van der Waals surface area (Å²) in [6.07, 6.45) is 0. The Kier molecular flexibility index (Phi) is 2.01. The van der Waals surface area contributed by atoms with Gasteiger partial charge in [-0.05, 0) is 12.8 Å². The van der Waals surface area contributed by atoms with Crippen LogP contribution < -0.4 is 0 Å². The molecule has 1 aliphatic heterocycles. The SMILES string of the molecule is CCS(=O)(=O)N1CC(C)C1. The van der Waals surface area contributed by atoms with Crippen molar-refractivity contribution in [3.8, 4) is 0 Å². The molecule has 60 valence electrons. The van der Waals surface area contributed by atoms with Crippen molar-refractivity contribution >= 4 is 10.0 Å². The molecule has 0 radical (unpaired) electrons. The highest BCUT2D eigenvalue weighted by atomic mass is 32.2. The topological polar surface area (TPSA) is 37.4 Å². The maximum Gasteiger partial charge on any atom is 0.213 e. The molecule has 0 aromatic rings. The molecule has 1 aliphatic rings. The van der Waals surface area contributed by atoms with Gasteiger partial charge in [0.2, 0.25) is 10.0 Å². The first-order valence-electron chi connectivity index (χ1n) is 3.54. The van der Waals surface area contributed by atoms with E-state index >= 15 is 0 Å². The molecule has 0 saturated carbocycles. The third kappa shape index (κ3) is 1.32. The fourth-order valence-corrected chi connectivity index (χ4v) is 2.38. The molecule has 0 aliphatic carbocycles. The molecule has 1 fully saturated rings. The lowest BCUT2D eigenvalue weighted by molar-refractivity contribution is 0.218. The van der Waals surface area contributed by atoms with E-state index in [9.17, 15) is 8.42 Å². The van der Waals surface area contributed by atoms with Crippen LogP contribution in [0.1, 0.15) is 13.8 Å². The zero-order chi connectivity index (χ0) is 7.78. The van der Waals surface area contributed by atoms with Crippen LogP contribution in [-0.2, 0) is 10.0 Å². The quantitative estimate of drug-likeness (QED) is 0.586. The Morgan fingerprint density at radius 2 is 2.00 bits per heavy atom. The minimum Gasteiger partial charge on any atom is -0.212 e. The summed E-state index contributed by atoms with van der Waals surface area (Å²) in [6.45, 7) is 5.17. The second-order valence-corrected chi connectivity index (χ2v) is 5.08. The second-order valence-electron chi connectivity index (χ2n) is 2.82. The van der Waals surface area contributed by atoms with E-state index in [-0.39, 0.29) is 5.75 Å². The van der Waals surface area contributed by atoms with Crippen LogP contribution in [0.5, 0.6) is 0 Å². The molecule has 0 unspecified atom stereocenters. The summed E-state index contributed by atoms with van der Waals surface area (Å²) in [4.78, 5) is 0. The van der Waals surface area contributed by atoms with Gasteiger partial charge < -0.3 is 0 Å². The maximum atomic E-state index is 11.1. The molecule has 0 aromatic carbocycles. The van der Waals surface area contributed by atoms with Gasteiger partial charge in [-0.25, -0.2) is 12.7 Å². The lowest BCUT2D eigenvalue weighted by Gasteiger charge is -2.35. The standard InChI is InChI=1S/C6H13NO2S/c1-3-10(8,9)7-4-6(2)5-7/h6H,3-5H2,1-2H3. The minimum absolute atomic E-state index is 0.236. The molecule has 0 atom stereocenters. The van der Waals surface area contributed by atoms with Crippen LogP contribution in [0.25, 0.3) is 0 Å². The molecule has 3 nitrogen and oxygen atoms in total. The Balaban J connectivity index is 2.53. The van der Waals surface area contributed by atoms with Crippen molar-refractivity contribution in [1.29, 1.82) is 0 Å². The van der Waals surface area contributed by atoms with E-state index in [0.29, 0.717) is 5.92 Å². The van der Waals surface area contributed by atoms with Crippen LogP contribution in [0.3, 0.4) is 0 Å². The van der Waals surface area contributed by atoms with E-state index in [1.54, 1.807) is 6.92 Å². The first-order chi connectivity index (χ1) is 4.56. The van der Waals surface area contributed by atoms with Gasteiger partial charge in [-0.15, -0.1) is 0 Å². The largest absolute Gasteiger partial charge is 0.213 e. The number of hydrogen-bond donors (Lipinski definition) is 0. The second kappa shape index (κ2) is 2.51. The van der Waals surface area contributed by atoms with Gasteiger partial charge in [0.15, 0.2) is 0 Å². The summed E-state index contributed by atoms with van der Waals surface area (Å²) in [7, 11) is -2.86. The summed E-state index contributed by atoms with van der Waals surface area (Å²) < 4.78 is 23.6. The highest BCUT2D eigenvalue weighted by Crippen LogP contribution is 2.18. The van der Waals surface area contributed by atoms with Gasteiger partial charge in [0, 0.05) is 13.1 Å². The van der Waals surface area contributed by atoms with Crippen molar-refractivity contribution in [3.05, 3.63) is 0 Å². The predicted molar refractivity (Wildman–Crippen MR) is 40.2 cm³/mol. The Bertz CT molecular complexity index is 204. The van der Waals surface area contributed by atoms with Crippen molar-refractivity contribution in [3.63, 3.8) is 0 Å². The summed E-state index contributed by atoms with van der Waals surface area (Å²) in [6, 6.07) is 0. The van der Waals surface area contributed by atoms with E-state index < -0.39 is 10.0 Å². The molecule has 1 saturated heterocycles. The van der Waals surface area contributed by atoms with Gasteiger partial charge in [-0.1, -0.05) is 6.92 Å². The van der Waals surface area contributed by atoms with E-state index in [4.69, 9.17) is 0 Å². The fraction of sp³-hybridized carbons (Fsp3) is 1.00. The fourth-order valence-electron chi connectivity index (χ4n) is 1.05. The molecule has 1 rings (SSSR count). The molecular weight excluding hydrogens is 150 g/mol. The predicted octanol–water partition coefficient (Wildman–Crippen LogP) is 0.288. The van der Waals surface area contributed by atoms with E-state index in [0.717, 1.165) is 13.1 Å². The molecule has 0 bridgehead atoms. The highest BCUT2D eigenvalue weighted by molar-refractivity contribution is 7.89. The molecule has 4 heteroatoms. The normalized spacial score (nSPS) is 22.6. The summed E-state index contributed by atoms with van der Waals surface area (Å²) in [5.41, 5.74) is 0. The molecule has 0 spiro atoms. The van der Waals surface area contributed by atoms with Crippen molar-refractivity contribution in [2.45, 2.75) is 13.8 Å². The zero-order valence-electron chi connectivity index (χ0n) is 6.37. The molecule has 0 N–H and O–H groups in total. The number of rotatable bonds is 2. The van der Waals surface area contributed by atoms with Gasteiger partial charge in [0.05, 0.1) is 5.75 Å². The van der Waals surface area contributed by atoms with Crippen molar-refractivity contribution in [2.24, 2.45) is 5.92 Å². The van der Waals surface area contributed by atoms with E-state index in [2.05, 4.69) is 6.92 Å². The first kappa shape index (κ1) is 8.01. The Labute approximate surface area is 62.1 Å². The smallest absolute Gasteiger partial charge is 0.212 e. The van der Waals surface area contributed by atoms with Gasteiger partial charge in [-0.2, -0.15) is 0 Å². The van der Waals surface area contributed by atoms with Gasteiger partial charge in [0.25, 0.3) is 0 Å². The minimum atomic E-state index is -2.86. The maximum absolute atomic E-state index is 11.1. The highest BCUT2D eigenvalue weighted by Gasteiger charge is 2.31. The molecular formula is C6H13NO2S. The van der Waals surface area contributed by atoms with Gasteiger partial charge in [-0.3, -0.25) is 0 Å². The average Bonchev–Trinajstić information content (AvgIpc) is 1.81. The summed E-state index contributed by atoms with van der Waals surface area (Å²) in [5, 5.41) is 0. The van der Waals surface area contributed by atoms with Crippen LogP contribution in [0, 0.1) is 5.92 Å². The zero-order valence-corrected chi connectivity index (χ0v) is 7.19. The van der Waals surface area contributed by atoms with Gasteiger partial charge >= 0.3 is 0 Å².